The number of nitrogens with zero attached hydrogens (tertiary/aromatic N) is 1. The van der Waals surface area contributed by atoms with Gasteiger partial charge < -0.3 is 0 Å². The van der Waals surface area contributed by atoms with Crippen LogP contribution in [0.3, 0.4) is 0 Å². The summed E-state index contributed by atoms with van der Waals surface area (Å²) < 4.78 is 24.0. The van der Waals surface area contributed by atoms with Gasteiger partial charge in [0, 0.05) is 19.0 Å². The monoisotopic (exact) mass is 150 g/mol. The molecule has 60 valence electrons. The number of hydrazine groups is 1. The van der Waals surface area contributed by atoms with Crippen LogP contribution in [-0.4, -0.2) is 24.5 Å². The fourth-order valence-corrected chi connectivity index (χ4v) is 1.25. The normalized spacial score (nSPS) is 29.4. The van der Waals surface area contributed by atoms with Crippen LogP contribution in [0.2, 0.25) is 0 Å². The average molecular weight is 150 g/mol. The van der Waals surface area contributed by atoms with Crippen molar-refractivity contribution in [2.45, 2.75) is 19.3 Å². The Kier molecular flexibility index (Phi) is 2.56. The predicted octanol–water partition coefficient (Wildman–Crippen LogP) is 0.837. The summed E-state index contributed by atoms with van der Waals surface area (Å²) in [5, 5.41) is 1.47. The number of hydrogen-bond acceptors (Lipinski definition) is 2. The van der Waals surface area contributed by atoms with Crippen LogP contribution in [-0.2, 0) is 0 Å². The summed E-state index contributed by atoms with van der Waals surface area (Å²) in [6, 6.07) is 0. The summed E-state index contributed by atoms with van der Waals surface area (Å²) in [6.45, 7) is 1.10. The Hall–Kier alpha value is -0.220. The molecule has 0 aliphatic carbocycles. The number of alkyl halides is 2. The Labute approximate surface area is 59.0 Å². The minimum Gasteiger partial charge on any atom is -0.269 e. The topological polar surface area (TPSA) is 29.3 Å². The highest BCUT2D eigenvalue weighted by Gasteiger charge is 2.25. The van der Waals surface area contributed by atoms with Gasteiger partial charge in [-0.25, -0.2) is 13.8 Å². The van der Waals surface area contributed by atoms with Gasteiger partial charge in [0.2, 0.25) is 6.43 Å². The van der Waals surface area contributed by atoms with E-state index in [-0.39, 0.29) is 0 Å². The van der Waals surface area contributed by atoms with E-state index in [0.717, 1.165) is 13.0 Å². The van der Waals surface area contributed by atoms with E-state index in [1.165, 1.54) is 5.01 Å². The number of rotatable bonds is 1. The summed E-state index contributed by atoms with van der Waals surface area (Å²) in [5.74, 6) is 4.86. The standard InChI is InChI=1S/C6H12F2N2/c7-6(8)5-2-1-3-10(9)4-5/h5-6H,1-4,9H2/t5-/m0/s1. The van der Waals surface area contributed by atoms with Crippen molar-refractivity contribution >= 4 is 0 Å². The summed E-state index contributed by atoms with van der Waals surface area (Å²) in [7, 11) is 0. The molecule has 2 nitrogen and oxygen atoms in total. The van der Waals surface area contributed by atoms with Gasteiger partial charge in [-0.15, -0.1) is 0 Å². The van der Waals surface area contributed by atoms with Crippen LogP contribution in [0.15, 0.2) is 0 Å². The predicted molar refractivity (Wildman–Crippen MR) is 34.5 cm³/mol. The highest BCUT2D eigenvalue weighted by atomic mass is 19.3. The number of halogens is 2. The zero-order valence-corrected chi connectivity index (χ0v) is 5.76. The van der Waals surface area contributed by atoms with Crippen molar-refractivity contribution in [3.05, 3.63) is 0 Å². The van der Waals surface area contributed by atoms with E-state index in [0.29, 0.717) is 13.0 Å². The Morgan fingerprint density at radius 3 is 2.60 bits per heavy atom. The van der Waals surface area contributed by atoms with Gasteiger partial charge in [-0.3, -0.25) is 5.84 Å². The third kappa shape index (κ3) is 1.88. The minimum atomic E-state index is -2.20. The molecule has 1 fully saturated rings. The van der Waals surface area contributed by atoms with Crippen LogP contribution < -0.4 is 5.84 Å². The fraction of sp³-hybridized carbons (Fsp3) is 1.00. The molecule has 1 rings (SSSR count). The van der Waals surface area contributed by atoms with Crippen molar-refractivity contribution < 1.29 is 8.78 Å². The van der Waals surface area contributed by atoms with Gasteiger partial charge in [0.25, 0.3) is 0 Å². The lowest BCUT2D eigenvalue weighted by molar-refractivity contribution is 0.0275. The van der Waals surface area contributed by atoms with Crippen LogP contribution in [0.25, 0.3) is 0 Å². The van der Waals surface area contributed by atoms with Gasteiger partial charge >= 0.3 is 0 Å². The number of hydrogen-bond donors (Lipinski definition) is 1. The first-order chi connectivity index (χ1) is 4.70. The average Bonchev–Trinajstić information content (AvgIpc) is 1.88. The van der Waals surface area contributed by atoms with Crippen LogP contribution in [0.4, 0.5) is 8.78 Å². The summed E-state index contributed by atoms with van der Waals surface area (Å²) in [5.41, 5.74) is 0. The van der Waals surface area contributed by atoms with E-state index >= 15 is 0 Å². The Bertz CT molecular complexity index is 108. The Balaban J connectivity index is 2.32. The zero-order chi connectivity index (χ0) is 7.56. The molecule has 0 amide bonds. The molecule has 1 heterocycles. The highest BCUT2D eigenvalue weighted by Crippen LogP contribution is 2.20. The Morgan fingerprint density at radius 2 is 2.20 bits per heavy atom. The second-order valence-corrected chi connectivity index (χ2v) is 2.73. The molecule has 1 aliphatic heterocycles. The summed E-state index contributed by atoms with van der Waals surface area (Å²) in [4.78, 5) is 0. The molecule has 0 radical (unpaired) electrons. The lowest BCUT2D eigenvalue weighted by Gasteiger charge is -2.28. The molecule has 0 unspecified atom stereocenters. The van der Waals surface area contributed by atoms with E-state index in [9.17, 15) is 8.78 Å². The molecule has 4 heteroatoms. The van der Waals surface area contributed by atoms with Gasteiger partial charge in [0.15, 0.2) is 0 Å². The molecule has 10 heavy (non-hydrogen) atoms. The zero-order valence-electron chi connectivity index (χ0n) is 5.76. The minimum absolute atomic E-state index is 0.345. The molecular formula is C6H12F2N2. The van der Waals surface area contributed by atoms with E-state index in [2.05, 4.69) is 0 Å². The SMILES string of the molecule is NN1CCC[C@H](C(F)F)C1. The van der Waals surface area contributed by atoms with Gasteiger partial charge in [0.1, 0.15) is 0 Å². The summed E-state index contributed by atoms with van der Waals surface area (Å²) >= 11 is 0. The molecule has 0 bridgehead atoms. The maximum Gasteiger partial charge on any atom is 0.242 e. The molecule has 0 aromatic carbocycles. The second kappa shape index (κ2) is 3.25. The lowest BCUT2D eigenvalue weighted by atomic mass is 10.0. The smallest absolute Gasteiger partial charge is 0.242 e. The third-order valence-electron chi connectivity index (χ3n) is 1.85. The first-order valence-electron chi connectivity index (χ1n) is 3.48. The molecule has 0 aromatic heterocycles. The molecular weight excluding hydrogens is 138 g/mol. The van der Waals surface area contributed by atoms with Crippen LogP contribution >= 0.6 is 0 Å². The van der Waals surface area contributed by atoms with Crippen LogP contribution in [0.5, 0.6) is 0 Å². The molecule has 0 saturated carbocycles. The van der Waals surface area contributed by atoms with Gasteiger partial charge in [-0.2, -0.15) is 0 Å². The van der Waals surface area contributed by atoms with Crippen molar-refractivity contribution in [2.24, 2.45) is 11.8 Å². The third-order valence-corrected chi connectivity index (χ3v) is 1.85. The lowest BCUT2D eigenvalue weighted by Crippen LogP contribution is -2.42. The molecule has 0 spiro atoms. The molecule has 1 aliphatic rings. The maximum absolute atomic E-state index is 12.0. The summed E-state index contributed by atoms with van der Waals surface area (Å²) in [6.07, 6.45) is -0.789. The van der Waals surface area contributed by atoms with Crippen molar-refractivity contribution in [3.63, 3.8) is 0 Å². The number of nitrogens with two attached hydrogens (primary N) is 1. The molecule has 2 N–H and O–H groups in total. The first-order valence-corrected chi connectivity index (χ1v) is 3.48. The van der Waals surface area contributed by atoms with Crippen LogP contribution in [0, 0.1) is 5.92 Å². The first kappa shape index (κ1) is 7.88. The number of piperidine rings is 1. The van der Waals surface area contributed by atoms with E-state index in [1.54, 1.807) is 0 Å². The highest BCUT2D eigenvalue weighted by molar-refractivity contribution is 4.70. The maximum atomic E-state index is 12.0. The van der Waals surface area contributed by atoms with E-state index in [1.807, 2.05) is 0 Å². The van der Waals surface area contributed by atoms with Crippen molar-refractivity contribution in [2.75, 3.05) is 13.1 Å². The van der Waals surface area contributed by atoms with Crippen LogP contribution in [0.1, 0.15) is 12.8 Å². The van der Waals surface area contributed by atoms with Crippen molar-refractivity contribution in [1.29, 1.82) is 0 Å². The van der Waals surface area contributed by atoms with E-state index in [4.69, 9.17) is 5.84 Å². The molecule has 0 aromatic rings. The van der Waals surface area contributed by atoms with Gasteiger partial charge in [-0.1, -0.05) is 0 Å². The molecule has 1 saturated heterocycles. The largest absolute Gasteiger partial charge is 0.269 e. The van der Waals surface area contributed by atoms with Crippen molar-refractivity contribution in [3.8, 4) is 0 Å². The second-order valence-electron chi connectivity index (χ2n) is 2.73. The molecule has 1 atom stereocenters. The van der Waals surface area contributed by atoms with Crippen molar-refractivity contribution in [1.82, 2.24) is 5.01 Å². The van der Waals surface area contributed by atoms with Gasteiger partial charge in [0.05, 0.1) is 0 Å². The van der Waals surface area contributed by atoms with Gasteiger partial charge in [-0.05, 0) is 12.8 Å². The quantitative estimate of drug-likeness (QED) is 0.561. The Morgan fingerprint density at radius 1 is 1.50 bits per heavy atom. The fourth-order valence-electron chi connectivity index (χ4n) is 1.25. The van der Waals surface area contributed by atoms with E-state index < -0.39 is 12.3 Å².